The topological polar surface area (TPSA) is 25.9 Å². The maximum atomic E-state index is 6.26. The zero-order valence-electron chi connectivity index (χ0n) is 23.0. The van der Waals surface area contributed by atoms with Gasteiger partial charge in [0.1, 0.15) is 0 Å². The molecule has 0 amide bonds. The van der Waals surface area contributed by atoms with Gasteiger partial charge in [-0.3, -0.25) is 14.8 Å². The van der Waals surface area contributed by atoms with Crippen molar-refractivity contribution in [2.75, 3.05) is 75.2 Å². The number of aryl methyl sites for hydroxylation is 2. The molecule has 39 heavy (non-hydrogen) atoms. The van der Waals surface area contributed by atoms with Gasteiger partial charge < -0.3 is 9.80 Å². The zero-order chi connectivity index (χ0) is 26.9. The van der Waals surface area contributed by atoms with E-state index in [0.717, 1.165) is 67.9 Å². The van der Waals surface area contributed by atoms with Crippen molar-refractivity contribution in [3.05, 3.63) is 75.9 Å². The third-order valence-corrected chi connectivity index (χ3v) is 8.94. The van der Waals surface area contributed by atoms with Crippen molar-refractivity contribution >= 4 is 56.3 Å². The second-order valence-electron chi connectivity index (χ2n) is 11.1. The molecule has 3 aromatic carbocycles. The maximum Gasteiger partial charge on any atom is 0.0737 e. The van der Waals surface area contributed by atoms with Crippen molar-refractivity contribution in [2.45, 2.75) is 20.3 Å². The van der Waals surface area contributed by atoms with Gasteiger partial charge in [0.2, 0.25) is 0 Å². The highest BCUT2D eigenvalue weighted by atomic mass is 35.5. The lowest BCUT2D eigenvalue weighted by Gasteiger charge is -2.39. The molecule has 0 spiro atoms. The molecule has 0 bridgehead atoms. The van der Waals surface area contributed by atoms with Gasteiger partial charge in [-0.15, -0.1) is 0 Å². The van der Waals surface area contributed by atoms with Crippen LogP contribution in [0.1, 0.15) is 17.5 Å². The summed E-state index contributed by atoms with van der Waals surface area (Å²) in [6, 6.07) is 16.8. The fraction of sp³-hybridized carbons (Fsp3) is 0.406. The Morgan fingerprint density at radius 3 is 1.85 bits per heavy atom. The van der Waals surface area contributed by atoms with E-state index >= 15 is 0 Å². The third-order valence-electron chi connectivity index (χ3n) is 8.47. The number of piperazine rings is 2. The monoisotopic (exact) mass is 561 g/mol. The molecule has 204 valence electrons. The standard InChI is InChI=1S/C32H37Cl2N5/c1-23-4-5-25-20-26(33)6-8-28(25)31(23)38-16-12-36(13-17-38)10-3-11-37-14-18-39(19-15-37)32-24(2)22-35-30-21-27(34)7-9-29(30)32/h4-9,20-22H,3,10-19H2,1-2H3. The van der Waals surface area contributed by atoms with Crippen LogP contribution >= 0.6 is 23.2 Å². The molecule has 2 aliphatic heterocycles. The van der Waals surface area contributed by atoms with Crippen LogP contribution in [0.2, 0.25) is 10.0 Å². The van der Waals surface area contributed by atoms with Crippen LogP contribution < -0.4 is 9.80 Å². The summed E-state index contributed by atoms with van der Waals surface area (Å²) in [5, 5.41) is 5.28. The minimum Gasteiger partial charge on any atom is -0.368 e. The number of benzene rings is 3. The minimum absolute atomic E-state index is 0.741. The molecule has 4 aromatic rings. The molecule has 7 heteroatoms. The van der Waals surface area contributed by atoms with Crippen LogP contribution in [0.15, 0.2) is 54.7 Å². The van der Waals surface area contributed by atoms with E-state index in [4.69, 9.17) is 23.2 Å². The molecule has 0 aliphatic carbocycles. The molecule has 3 heterocycles. The summed E-state index contributed by atoms with van der Waals surface area (Å²) in [5.41, 5.74) is 6.25. The number of nitrogens with zero attached hydrogens (tertiary/aromatic N) is 5. The molecule has 0 radical (unpaired) electrons. The van der Waals surface area contributed by atoms with Gasteiger partial charge in [-0.2, -0.15) is 0 Å². The van der Waals surface area contributed by atoms with Crippen molar-refractivity contribution in [1.29, 1.82) is 0 Å². The maximum absolute atomic E-state index is 6.26. The molecular formula is C32H37Cl2N5. The Hall–Kier alpha value is -2.57. The predicted octanol–water partition coefficient (Wildman–Crippen LogP) is 6.65. The summed E-state index contributed by atoms with van der Waals surface area (Å²) in [6.45, 7) is 15.4. The first-order chi connectivity index (χ1) is 19.0. The Morgan fingerprint density at radius 2 is 1.21 bits per heavy atom. The van der Waals surface area contributed by atoms with Crippen LogP contribution in [0.4, 0.5) is 11.4 Å². The highest BCUT2D eigenvalue weighted by Crippen LogP contribution is 2.33. The predicted molar refractivity (Wildman–Crippen MR) is 167 cm³/mol. The minimum atomic E-state index is 0.741. The van der Waals surface area contributed by atoms with E-state index < -0.39 is 0 Å². The molecule has 0 saturated carbocycles. The van der Waals surface area contributed by atoms with Gasteiger partial charge in [0.05, 0.1) is 11.2 Å². The number of halogens is 2. The Bertz CT molecular complexity index is 1360. The van der Waals surface area contributed by atoms with Crippen molar-refractivity contribution < 1.29 is 0 Å². The first-order valence-corrected chi connectivity index (χ1v) is 14.9. The summed E-state index contributed by atoms with van der Waals surface area (Å²) in [7, 11) is 0. The van der Waals surface area contributed by atoms with Crippen molar-refractivity contribution in [3.8, 4) is 0 Å². The van der Waals surface area contributed by atoms with Crippen LogP contribution in [0.25, 0.3) is 21.7 Å². The molecule has 0 unspecified atom stereocenters. The van der Waals surface area contributed by atoms with E-state index in [1.807, 2.05) is 24.4 Å². The zero-order valence-corrected chi connectivity index (χ0v) is 24.5. The molecule has 5 nitrogen and oxygen atoms in total. The molecule has 2 fully saturated rings. The Kier molecular flexibility index (Phi) is 7.86. The molecule has 1 aromatic heterocycles. The number of hydrogen-bond donors (Lipinski definition) is 0. The summed E-state index contributed by atoms with van der Waals surface area (Å²) >= 11 is 12.5. The molecular weight excluding hydrogens is 525 g/mol. The van der Waals surface area contributed by atoms with Crippen LogP contribution in [0.5, 0.6) is 0 Å². The lowest BCUT2D eigenvalue weighted by atomic mass is 10.0. The van der Waals surface area contributed by atoms with Crippen molar-refractivity contribution in [2.24, 2.45) is 0 Å². The van der Waals surface area contributed by atoms with Crippen molar-refractivity contribution in [1.82, 2.24) is 14.8 Å². The van der Waals surface area contributed by atoms with Gasteiger partial charge in [0.15, 0.2) is 0 Å². The third kappa shape index (κ3) is 5.69. The Morgan fingerprint density at radius 1 is 0.641 bits per heavy atom. The summed E-state index contributed by atoms with van der Waals surface area (Å²) in [6.07, 6.45) is 3.21. The lowest BCUT2D eigenvalue weighted by Crippen LogP contribution is -2.49. The normalized spacial score (nSPS) is 17.4. The number of fused-ring (bicyclic) bond motifs is 2. The number of aromatic nitrogens is 1. The highest BCUT2D eigenvalue weighted by Gasteiger charge is 2.22. The van der Waals surface area contributed by atoms with Gasteiger partial charge in [-0.25, -0.2) is 0 Å². The molecule has 2 saturated heterocycles. The Balaban J connectivity index is 0.990. The second kappa shape index (κ2) is 11.5. The van der Waals surface area contributed by atoms with Crippen LogP contribution in [-0.2, 0) is 0 Å². The Labute approximate surface area is 241 Å². The van der Waals surface area contributed by atoms with E-state index in [0.29, 0.717) is 0 Å². The van der Waals surface area contributed by atoms with Gasteiger partial charge in [0, 0.05) is 85.1 Å². The lowest BCUT2D eigenvalue weighted by molar-refractivity contribution is 0.213. The number of anilines is 2. The molecule has 2 aliphatic rings. The van der Waals surface area contributed by atoms with Crippen LogP contribution in [-0.4, -0.2) is 80.2 Å². The van der Waals surface area contributed by atoms with Crippen molar-refractivity contribution in [3.63, 3.8) is 0 Å². The summed E-state index contributed by atoms with van der Waals surface area (Å²) < 4.78 is 0. The van der Waals surface area contributed by atoms with E-state index in [9.17, 15) is 0 Å². The fourth-order valence-electron chi connectivity index (χ4n) is 6.39. The average molecular weight is 563 g/mol. The molecule has 0 N–H and O–H groups in total. The first kappa shape index (κ1) is 26.6. The smallest absolute Gasteiger partial charge is 0.0737 e. The summed E-state index contributed by atoms with van der Waals surface area (Å²) in [4.78, 5) is 15.0. The average Bonchev–Trinajstić information content (AvgIpc) is 2.94. The number of rotatable bonds is 6. The molecule has 6 rings (SSSR count). The second-order valence-corrected chi connectivity index (χ2v) is 11.9. The number of pyridine rings is 1. The van der Waals surface area contributed by atoms with Crippen LogP contribution in [0, 0.1) is 13.8 Å². The first-order valence-electron chi connectivity index (χ1n) is 14.1. The van der Waals surface area contributed by atoms with Gasteiger partial charge in [-0.05, 0) is 80.2 Å². The van der Waals surface area contributed by atoms with Gasteiger partial charge >= 0.3 is 0 Å². The van der Waals surface area contributed by atoms with E-state index in [-0.39, 0.29) is 0 Å². The number of hydrogen-bond acceptors (Lipinski definition) is 5. The summed E-state index contributed by atoms with van der Waals surface area (Å²) in [5.74, 6) is 0. The van der Waals surface area contributed by atoms with E-state index in [1.165, 1.54) is 58.2 Å². The fourth-order valence-corrected chi connectivity index (χ4v) is 6.74. The molecule has 0 atom stereocenters. The van der Waals surface area contributed by atoms with Crippen LogP contribution in [0.3, 0.4) is 0 Å². The highest BCUT2D eigenvalue weighted by molar-refractivity contribution is 6.31. The van der Waals surface area contributed by atoms with E-state index in [2.05, 4.69) is 68.8 Å². The van der Waals surface area contributed by atoms with Gasteiger partial charge in [0.25, 0.3) is 0 Å². The SMILES string of the molecule is Cc1ccc2cc(Cl)ccc2c1N1CCN(CCCN2CCN(c3c(C)cnc4cc(Cl)ccc34)CC2)CC1. The quantitative estimate of drug-likeness (QED) is 0.262. The van der Waals surface area contributed by atoms with E-state index in [1.54, 1.807) is 0 Å². The largest absolute Gasteiger partial charge is 0.368 e. The van der Waals surface area contributed by atoms with Gasteiger partial charge in [-0.1, -0.05) is 41.4 Å².